The van der Waals surface area contributed by atoms with Gasteiger partial charge in [0.05, 0.1) is 22.1 Å². The molecule has 1 fully saturated rings. The average Bonchev–Trinajstić information content (AvgIpc) is 3.26. The van der Waals surface area contributed by atoms with Crippen molar-refractivity contribution in [1.29, 1.82) is 0 Å². The van der Waals surface area contributed by atoms with Crippen LogP contribution in [0.4, 0.5) is 10.7 Å². The van der Waals surface area contributed by atoms with Crippen LogP contribution in [0.5, 0.6) is 5.75 Å². The van der Waals surface area contributed by atoms with Crippen LogP contribution < -0.4 is 15.0 Å². The number of anilines is 2. The van der Waals surface area contributed by atoms with E-state index in [-0.39, 0.29) is 5.91 Å². The van der Waals surface area contributed by atoms with E-state index in [9.17, 15) is 4.79 Å². The van der Waals surface area contributed by atoms with Crippen molar-refractivity contribution in [2.24, 2.45) is 0 Å². The average molecular weight is 328 g/mol. The molecule has 4 rings (SSSR count). The number of rotatable bonds is 3. The topological polar surface area (TPSA) is 41.6 Å². The van der Waals surface area contributed by atoms with Crippen LogP contribution in [0.2, 0.25) is 0 Å². The molecule has 1 aliphatic heterocycles. The Hall–Kier alpha value is -2.01. The summed E-state index contributed by atoms with van der Waals surface area (Å²) < 4.78 is 5.70. The van der Waals surface area contributed by atoms with E-state index in [2.05, 4.69) is 16.3 Å². The summed E-state index contributed by atoms with van der Waals surface area (Å²) in [5, 5.41) is 4.25. The Morgan fingerprint density at radius 1 is 1.17 bits per heavy atom. The fourth-order valence-electron chi connectivity index (χ4n) is 3.32. The number of nitrogens with one attached hydrogen (secondary N) is 1. The first-order valence-electron chi connectivity index (χ1n) is 8.21. The highest BCUT2D eigenvalue weighted by atomic mass is 32.1. The number of carbonyl (C=O) groups excluding carboxylic acids is 1. The predicted octanol–water partition coefficient (Wildman–Crippen LogP) is 3.95. The van der Waals surface area contributed by atoms with Crippen molar-refractivity contribution in [2.45, 2.75) is 31.7 Å². The fraction of sp³-hybridized carbons (Fsp3) is 0.389. The molecule has 1 amide bonds. The molecular weight excluding hydrogens is 308 g/mol. The van der Waals surface area contributed by atoms with Gasteiger partial charge in [-0.25, -0.2) is 0 Å². The van der Waals surface area contributed by atoms with Crippen molar-refractivity contribution in [3.63, 3.8) is 0 Å². The van der Waals surface area contributed by atoms with Gasteiger partial charge in [0.1, 0.15) is 12.4 Å². The fourth-order valence-corrected chi connectivity index (χ4v) is 4.27. The molecule has 1 aliphatic carbocycles. The highest BCUT2D eigenvalue weighted by Crippen LogP contribution is 2.39. The molecule has 1 N–H and O–H groups in total. The normalized spacial score (nSPS) is 17.7. The van der Waals surface area contributed by atoms with Crippen molar-refractivity contribution in [2.75, 3.05) is 18.1 Å². The Bertz CT molecular complexity index is 707. The minimum Gasteiger partial charge on any atom is -0.490 e. The molecule has 2 aliphatic rings. The van der Waals surface area contributed by atoms with Crippen LogP contribution in [0.3, 0.4) is 0 Å². The SMILES string of the molecule is O=C(NC1CCCC1)c1ccc(N2CCOc3ccccc32)s1. The second kappa shape index (κ2) is 6.24. The highest BCUT2D eigenvalue weighted by molar-refractivity contribution is 7.18. The standard InChI is InChI=1S/C18H20N2O2S/c21-18(19-13-5-1-2-6-13)16-9-10-17(23-16)20-11-12-22-15-8-4-3-7-14(15)20/h3-4,7-10,13H,1-2,5-6,11-12H2,(H,19,21). The van der Waals surface area contributed by atoms with Gasteiger partial charge in [-0.1, -0.05) is 25.0 Å². The molecule has 1 aromatic carbocycles. The molecule has 4 nitrogen and oxygen atoms in total. The van der Waals surface area contributed by atoms with Crippen LogP contribution >= 0.6 is 11.3 Å². The number of amides is 1. The quantitative estimate of drug-likeness (QED) is 0.927. The summed E-state index contributed by atoms with van der Waals surface area (Å²) in [6.07, 6.45) is 4.68. The number of ether oxygens (including phenoxy) is 1. The van der Waals surface area contributed by atoms with E-state index in [4.69, 9.17) is 4.74 Å². The Balaban J connectivity index is 1.53. The predicted molar refractivity (Wildman–Crippen MR) is 93.0 cm³/mol. The van der Waals surface area contributed by atoms with Gasteiger partial charge in [-0.3, -0.25) is 4.79 Å². The lowest BCUT2D eigenvalue weighted by molar-refractivity contribution is 0.0942. The molecule has 0 bridgehead atoms. The first-order chi connectivity index (χ1) is 11.3. The van der Waals surface area contributed by atoms with Crippen LogP contribution in [-0.4, -0.2) is 25.1 Å². The maximum Gasteiger partial charge on any atom is 0.261 e. The van der Waals surface area contributed by atoms with E-state index in [0.717, 1.165) is 40.7 Å². The first-order valence-corrected chi connectivity index (χ1v) is 9.03. The number of nitrogens with zero attached hydrogens (tertiary/aromatic N) is 1. The Kier molecular flexibility index (Phi) is 3.95. The molecule has 1 aromatic heterocycles. The Labute approximate surface area is 140 Å². The van der Waals surface area contributed by atoms with E-state index >= 15 is 0 Å². The van der Waals surface area contributed by atoms with Crippen molar-refractivity contribution in [3.8, 4) is 5.75 Å². The second-order valence-electron chi connectivity index (χ2n) is 6.06. The lowest BCUT2D eigenvalue weighted by atomic mass is 10.2. The molecule has 0 radical (unpaired) electrons. The molecule has 2 heterocycles. The van der Waals surface area contributed by atoms with Crippen LogP contribution in [0.15, 0.2) is 36.4 Å². The maximum absolute atomic E-state index is 12.4. The van der Waals surface area contributed by atoms with Gasteiger partial charge in [-0.2, -0.15) is 0 Å². The number of benzene rings is 1. The lowest BCUT2D eigenvalue weighted by Gasteiger charge is -2.29. The number of fused-ring (bicyclic) bond motifs is 1. The van der Waals surface area contributed by atoms with Gasteiger partial charge in [0.15, 0.2) is 0 Å². The molecule has 2 aromatic rings. The second-order valence-corrected chi connectivity index (χ2v) is 7.12. The zero-order valence-electron chi connectivity index (χ0n) is 13.0. The van der Waals surface area contributed by atoms with E-state index < -0.39 is 0 Å². The molecular formula is C18H20N2O2S. The van der Waals surface area contributed by atoms with E-state index in [0.29, 0.717) is 12.6 Å². The van der Waals surface area contributed by atoms with Gasteiger partial charge in [0, 0.05) is 6.04 Å². The number of hydrogen-bond donors (Lipinski definition) is 1. The summed E-state index contributed by atoms with van der Waals surface area (Å²) in [5.74, 6) is 0.971. The third-order valence-corrected chi connectivity index (χ3v) is 5.61. The zero-order valence-corrected chi connectivity index (χ0v) is 13.8. The van der Waals surface area contributed by atoms with Gasteiger partial charge in [-0.15, -0.1) is 11.3 Å². The van der Waals surface area contributed by atoms with Crippen LogP contribution in [0.25, 0.3) is 0 Å². The monoisotopic (exact) mass is 328 g/mol. The zero-order chi connectivity index (χ0) is 15.6. The largest absolute Gasteiger partial charge is 0.490 e. The smallest absolute Gasteiger partial charge is 0.261 e. The number of hydrogen-bond acceptors (Lipinski definition) is 4. The minimum absolute atomic E-state index is 0.0645. The van der Waals surface area contributed by atoms with E-state index in [1.165, 1.54) is 12.8 Å². The molecule has 120 valence electrons. The summed E-state index contributed by atoms with van der Waals surface area (Å²) in [6.45, 7) is 1.47. The third kappa shape index (κ3) is 2.93. The molecule has 5 heteroatoms. The summed E-state index contributed by atoms with van der Waals surface area (Å²) in [7, 11) is 0. The first kappa shape index (κ1) is 14.6. The van der Waals surface area contributed by atoms with Gasteiger partial charge in [0.25, 0.3) is 5.91 Å². The number of thiophene rings is 1. The van der Waals surface area contributed by atoms with Crippen molar-refractivity contribution >= 4 is 27.9 Å². The third-order valence-electron chi connectivity index (χ3n) is 4.50. The Morgan fingerprint density at radius 3 is 2.87 bits per heavy atom. The van der Waals surface area contributed by atoms with Crippen molar-refractivity contribution in [1.82, 2.24) is 5.32 Å². The number of para-hydroxylation sites is 2. The van der Waals surface area contributed by atoms with Gasteiger partial charge >= 0.3 is 0 Å². The van der Waals surface area contributed by atoms with E-state index in [1.807, 2.05) is 30.3 Å². The molecule has 0 unspecified atom stereocenters. The summed E-state index contributed by atoms with van der Waals surface area (Å²) >= 11 is 1.55. The van der Waals surface area contributed by atoms with Crippen molar-refractivity contribution < 1.29 is 9.53 Å². The van der Waals surface area contributed by atoms with Crippen LogP contribution in [0.1, 0.15) is 35.4 Å². The highest BCUT2D eigenvalue weighted by Gasteiger charge is 2.23. The van der Waals surface area contributed by atoms with Crippen molar-refractivity contribution in [3.05, 3.63) is 41.3 Å². The summed E-state index contributed by atoms with van der Waals surface area (Å²) in [5.41, 5.74) is 1.07. The minimum atomic E-state index is 0.0645. The lowest BCUT2D eigenvalue weighted by Crippen LogP contribution is -2.32. The Morgan fingerprint density at radius 2 is 2.00 bits per heavy atom. The van der Waals surface area contributed by atoms with Crippen LogP contribution in [0, 0.1) is 0 Å². The maximum atomic E-state index is 12.4. The molecule has 0 atom stereocenters. The van der Waals surface area contributed by atoms with Gasteiger partial charge < -0.3 is 15.0 Å². The summed E-state index contributed by atoms with van der Waals surface area (Å²) in [6, 6.07) is 12.4. The summed E-state index contributed by atoms with van der Waals surface area (Å²) in [4.78, 5) is 15.4. The molecule has 1 saturated carbocycles. The van der Waals surface area contributed by atoms with Gasteiger partial charge in [-0.05, 0) is 37.1 Å². The molecule has 23 heavy (non-hydrogen) atoms. The molecule has 0 saturated heterocycles. The van der Waals surface area contributed by atoms with Gasteiger partial charge in [0.2, 0.25) is 0 Å². The molecule has 0 spiro atoms. The number of carbonyl (C=O) groups is 1. The van der Waals surface area contributed by atoms with Crippen LogP contribution in [-0.2, 0) is 0 Å². The van der Waals surface area contributed by atoms with E-state index in [1.54, 1.807) is 11.3 Å².